The number of likely N-dealkylation sites (N-methyl/N-ethyl adjacent to an activating group) is 1. The molecule has 330 valence electrons. The fourth-order valence-corrected chi connectivity index (χ4v) is 6.14. The van der Waals surface area contributed by atoms with Crippen molar-refractivity contribution in [3.8, 4) is 11.3 Å². The molecule has 1 aliphatic rings. The van der Waals surface area contributed by atoms with Gasteiger partial charge in [0.1, 0.15) is 46.2 Å². The van der Waals surface area contributed by atoms with E-state index in [4.69, 9.17) is 23.7 Å². The van der Waals surface area contributed by atoms with Gasteiger partial charge in [-0.25, -0.2) is 19.4 Å². The summed E-state index contributed by atoms with van der Waals surface area (Å²) in [5.74, 6) is -3.48. The molecule has 0 radical (unpaired) electrons. The number of carboxylic acid groups (broad SMARTS) is 1. The lowest BCUT2D eigenvalue weighted by Crippen LogP contribution is -2.69. The van der Waals surface area contributed by atoms with Gasteiger partial charge in [-0.3, -0.25) is 9.59 Å². The number of esters is 2. The van der Waals surface area contributed by atoms with Crippen molar-refractivity contribution in [2.45, 2.75) is 118 Å². The predicted octanol–water partition coefficient (Wildman–Crippen LogP) is 4.37. The second kappa shape index (κ2) is 18.0. The Balaban J connectivity index is 1.95. The first kappa shape index (κ1) is 47.2. The molecule has 0 aliphatic carbocycles. The fourth-order valence-electron chi connectivity index (χ4n) is 6.14. The number of aromatic nitrogens is 2. The standard InChI is InChI=1S/C43H57N7O11/c1-14-49(15-2)35(52)25(3)50-24-28(20-21-31(50)51)33-43(36(53)58-40(4,5)6,37(54)59-41(7,8)9)46-34(45-38(55)56)32(44-33)30-22-29(47-61-30)27-18-16-26(17-19-27)23-48(13)39(57)60-42(10,11)12/h16-22,24-25,45-46H,14-15,23H2,1-13H3,(H,55,56)/p-1. The third-order valence-electron chi connectivity index (χ3n) is 8.94. The molecule has 3 heterocycles. The van der Waals surface area contributed by atoms with Crippen molar-refractivity contribution in [3.63, 3.8) is 0 Å². The van der Waals surface area contributed by atoms with Crippen LogP contribution < -0.4 is 21.3 Å². The Morgan fingerprint density at radius 2 is 1.41 bits per heavy atom. The topological polar surface area (TPSA) is 227 Å². The van der Waals surface area contributed by atoms with Crippen molar-refractivity contribution in [1.29, 1.82) is 0 Å². The third-order valence-corrected chi connectivity index (χ3v) is 8.94. The smallest absolute Gasteiger partial charge is 0.410 e. The van der Waals surface area contributed by atoms with Crippen LogP contribution in [0.5, 0.6) is 0 Å². The summed E-state index contributed by atoms with van der Waals surface area (Å²) >= 11 is 0. The van der Waals surface area contributed by atoms with Gasteiger partial charge in [0.25, 0.3) is 11.1 Å². The van der Waals surface area contributed by atoms with Crippen molar-refractivity contribution in [3.05, 3.63) is 81.7 Å². The zero-order valence-electron chi connectivity index (χ0n) is 37.0. The van der Waals surface area contributed by atoms with E-state index < -0.39 is 63.9 Å². The van der Waals surface area contributed by atoms with Crippen molar-refractivity contribution in [2.24, 2.45) is 4.99 Å². The van der Waals surface area contributed by atoms with Crippen LogP contribution >= 0.6 is 0 Å². The molecule has 3 aromatic rings. The maximum Gasteiger partial charge on any atom is 0.410 e. The fraction of sp³-hybridized carbons (Fsp3) is 0.488. The van der Waals surface area contributed by atoms with Crippen LogP contribution in [-0.4, -0.2) is 97.7 Å². The number of carbonyl (C=O) groups is 5. The average Bonchev–Trinajstić information content (AvgIpc) is 3.63. The lowest BCUT2D eigenvalue weighted by Gasteiger charge is -2.39. The molecule has 0 saturated heterocycles. The maximum atomic E-state index is 14.6. The van der Waals surface area contributed by atoms with E-state index in [-0.39, 0.29) is 40.9 Å². The van der Waals surface area contributed by atoms with Gasteiger partial charge in [0.2, 0.25) is 5.91 Å². The Kier molecular flexibility index (Phi) is 14.0. The van der Waals surface area contributed by atoms with Crippen LogP contribution in [0.3, 0.4) is 0 Å². The highest BCUT2D eigenvalue weighted by Crippen LogP contribution is 2.35. The Morgan fingerprint density at radius 3 is 1.92 bits per heavy atom. The Labute approximate surface area is 354 Å². The van der Waals surface area contributed by atoms with E-state index in [9.17, 15) is 33.9 Å². The second-order valence-electron chi connectivity index (χ2n) is 17.4. The van der Waals surface area contributed by atoms with E-state index in [1.807, 2.05) is 0 Å². The number of nitrogens with one attached hydrogen (secondary N) is 2. The number of benzene rings is 1. The van der Waals surface area contributed by atoms with Crippen molar-refractivity contribution in [2.75, 3.05) is 20.1 Å². The summed E-state index contributed by atoms with van der Waals surface area (Å²) in [5.41, 5.74) is -5.41. The van der Waals surface area contributed by atoms with Gasteiger partial charge in [-0.15, -0.1) is 0 Å². The zero-order chi connectivity index (χ0) is 45.8. The van der Waals surface area contributed by atoms with Crippen LogP contribution in [0.25, 0.3) is 17.0 Å². The molecule has 1 atom stereocenters. The number of hydrogen-bond donors (Lipinski definition) is 2. The van der Waals surface area contributed by atoms with Crippen LogP contribution in [0.15, 0.2) is 68.8 Å². The normalized spacial score (nSPS) is 14.5. The van der Waals surface area contributed by atoms with Gasteiger partial charge in [-0.1, -0.05) is 29.4 Å². The number of nitrogens with zero attached hydrogens (tertiary/aromatic N) is 5. The van der Waals surface area contributed by atoms with E-state index in [1.54, 1.807) is 112 Å². The predicted molar refractivity (Wildman–Crippen MR) is 223 cm³/mol. The first-order chi connectivity index (χ1) is 28.2. The van der Waals surface area contributed by atoms with Gasteiger partial charge in [-0.2, -0.15) is 0 Å². The van der Waals surface area contributed by atoms with Crippen molar-refractivity contribution < 1.29 is 47.8 Å². The van der Waals surface area contributed by atoms with Gasteiger partial charge in [0.15, 0.2) is 5.76 Å². The molecule has 0 fully saturated rings. The van der Waals surface area contributed by atoms with Gasteiger partial charge in [0.05, 0.1) is 5.71 Å². The molecule has 18 nitrogen and oxygen atoms in total. The number of rotatable bonds is 12. The van der Waals surface area contributed by atoms with Crippen LogP contribution in [0.1, 0.15) is 106 Å². The van der Waals surface area contributed by atoms with Crippen molar-refractivity contribution in [1.82, 2.24) is 30.2 Å². The maximum absolute atomic E-state index is 14.6. The van der Waals surface area contributed by atoms with E-state index >= 15 is 0 Å². The Bertz CT molecular complexity index is 2240. The summed E-state index contributed by atoms with van der Waals surface area (Å²) in [4.78, 5) is 88.5. The molecule has 1 aliphatic heterocycles. The molecule has 0 bridgehead atoms. The van der Waals surface area contributed by atoms with E-state index in [2.05, 4.69) is 15.8 Å². The van der Waals surface area contributed by atoms with E-state index in [1.165, 1.54) is 30.2 Å². The van der Waals surface area contributed by atoms with Gasteiger partial charge >= 0.3 is 18.0 Å². The molecule has 2 N–H and O–H groups in total. The lowest BCUT2D eigenvalue weighted by atomic mass is 9.86. The molecule has 0 spiro atoms. The number of hydrogen-bond acceptors (Lipinski definition) is 14. The SMILES string of the molecule is CCN(CC)C(=O)C(C)n1cc(C2=NC(c3cc(-c4ccc(CN(C)C(=O)OC(C)(C)C)cc4)no3)=C(NC(=O)[O-])NC2(C(=O)OC(C)(C)C)C(=O)OC(C)(C)C)ccc1=O. The van der Waals surface area contributed by atoms with Crippen LogP contribution in [0, 0.1) is 0 Å². The third kappa shape index (κ3) is 11.4. The monoisotopic (exact) mass is 846 g/mol. The number of amides is 3. The lowest BCUT2D eigenvalue weighted by molar-refractivity contribution is -0.250. The molecule has 1 aromatic carbocycles. The quantitative estimate of drug-likeness (QED) is 0.147. The van der Waals surface area contributed by atoms with Crippen LogP contribution in [-0.2, 0) is 35.1 Å². The molecule has 61 heavy (non-hydrogen) atoms. The Hall–Kier alpha value is -6.46. The largest absolute Gasteiger partial charge is 0.530 e. The molecule has 3 amide bonds. The number of ether oxygens (including phenoxy) is 3. The highest BCUT2D eigenvalue weighted by Gasteiger charge is 2.59. The van der Waals surface area contributed by atoms with E-state index in [0.29, 0.717) is 18.7 Å². The van der Waals surface area contributed by atoms with Gasteiger partial charge < -0.3 is 53.6 Å². The summed E-state index contributed by atoms with van der Waals surface area (Å²) in [7, 11) is 1.62. The molecule has 2 aromatic heterocycles. The summed E-state index contributed by atoms with van der Waals surface area (Å²) in [5, 5.41) is 21.2. The van der Waals surface area contributed by atoms with Crippen molar-refractivity contribution >= 4 is 41.4 Å². The summed E-state index contributed by atoms with van der Waals surface area (Å²) < 4.78 is 23.9. The average molecular weight is 847 g/mol. The molecular weight excluding hydrogens is 791 g/mol. The van der Waals surface area contributed by atoms with Gasteiger partial charge in [0, 0.05) is 56.1 Å². The van der Waals surface area contributed by atoms with Crippen LogP contribution in [0.4, 0.5) is 9.59 Å². The first-order valence-electron chi connectivity index (χ1n) is 19.8. The summed E-state index contributed by atoms with van der Waals surface area (Å²) in [6, 6.07) is 9.91. The highest BCUT2D eigenvalue weighted by molar-refractivity contribution is 6.34. The molecule has 18 heteroatoms. The zero-order valence-corrected chi connectivity index (χ0v) is 37.0. The number of pyridine rings is 1. The first-order valence-corrected chi connectivity index (χ1v) is 19.8. The summed E-state index contributed by atoms with van der Waals surface area (Å²) in [6.45, 7) is 20.9. The summed E-state index contributed by atoms with van der Waals surface area (Å²) in [6.07, 6.45) is -1.05. The molecule has 0 saturated carbocycles. The minimum absolute atomic E-state index is 0.0142. The number of aliphatic imine (C=N–C) groups is 1. The van der Waals surface area contributed by atoms with Gasteiger partial charge in [-0.05, 0) is 94.7 Å². The minimum Gasteiger partial charge on any atom is -0.530 e. The molecule has 1 unspecified atom stereocenters. The highest BCUT2D eigenvalue weighted by atomic mass is 16.6. The minimum atomic E-state index is -2.73. The Morgan fingerprint density at radius 1 is 0.869 bits per heavy atom. The number of carbonyl (C=O) groups excluding carboxylic acids is 5. The van der Waals surface area contributed by atoms with E-state index in [0.717, 1.165) is 16.2 Å². The van der Waals surface area contributed by atoms with Crippen LogP contribution in [0.2, 0.25) is 0 Å². The second-order valence-corrected chi connectivity index (χ2v) is 17.4. The molecule has 4 rings (SSSR count). The molecular formula is C43H56N7O11-.